The Morgan fingerprint density at radius 1 is 0.842 bits per heavy atom. The Balaban J connectivity index is 2.46. The van der Waals surface area contributed by atoms with Crippen LogP contribution in [0.5, 0.6) is 17.2 Å². The molecular weight excluding hydrogens is 242 g/mol. The second-order valence-electron chi connectivity index (χ2n) is 4.26. The van der Waals surface area contributed by atoms with Gasteiger partial charge in [-0.05, 0) is 30.3 Å². The van der Waals surface area contributed by atoms with Crippen molar-refractivity contribution in [3.8, 4) is 17.2 Å². The molecule has 1 N–H and O–H groups in total. The summed E-state index contributed by atoms with van der Waals surface area (Å²) in [7, 11) is 4.99. The van der Waals surface area contributed by atoms with Gasteiger partial charge in [0, 0.05) is 10.9 Å². The van der Waals surface area contributed by atoms with Crippen molar-refractivity contribution >= 4 is 21.8 Å². The van der Waals surface area contributed by atoms with Gasteiger partial charge in [-0.25, -0.2) is 0 Å². The fourth-order valence-corrected chi connectivity index (χ4v) is 2.40. The van der Waals surface area contributed by atoms with E-state index in [2.05, 4.69) is 4.98 Å². The van der Waals surface area contributed by atoms with Crippen molar-refractivity contribution in [2.75, 3.05) is 21.3 Å². The highest BCUT2D eigenvalue weighted by atomic mass is 16.5. The minimum Gasteiger partial charge on any atom is -0.497 e. The largest absolute Gasteiger partial charge is 0.497 e. The second-order valence-corrected chi connectivity index (χ2v) is 4.26. The van der Waals surface area contributed by atoms with Crippen molar-refractivity contribution < 1.29 is 14.2 Å². The molecule has 4 heteroatoms. The van der Waals surface area contributed by atoms with E-state index >= 15 is 0 Å². The minimum absolute atomic E-state index is 0.797. The van der Waals surface area contributed by atoms with Crippen molar-refractivity contribution in [1.82, 2.24) is 4.98 Å². The van der Waals surface area contributed by atoms with Gasteiger partial charge in [0.15, 0.2) is 0 Å². The number of ether oxygens (including phenoxy) is 3. The van der Waals surface area contributed by atoms with Crippen LogP contribution in [0.3, 0.4) is 0 Å². The zero-order chi connectivity index (χ0) is 13.4. The molecule has 0 fully saturated rings. The van der Waals surface area contributed by atoms with Crippen LogP contribution in [0.15, 0.2) is 30.3 Å². The van der Waals surface area contributed by atoms with E-state index < -0.39 is 0 Å². The highest BCUT2D eigenvalue weighted by Crippen LogP contribution is 2.39. The van der Waals surface area contributed by atoms with Gasteiger partial charge in [-0.1, -0.05) is 0 Å². The Labute approximate surface area is 110 Å². The average Bonchev–Trinajstić information content (AvgIpc) is 2.84. The zero-order valence-electron chi connectivity index (χ0n) is 11.1. The summed E-state index contributed by atoms with van der Waals surface area (Å²) < 4.78 is 16.1. The first kappa shape index (κ1) is 11.7. The van der Waals surface area contributed by atoms with E-state index in [-0.39, 0.29) is 0 Å². The maximum absolute atomic E-state index is 5.45. The number of aromatic nitrogens is 1. The molecule has 0 saturated carbocycles. The Hall–Kier alpha value is -2.36. The molecule has 19 heavy (non-hydrogen) atoms. The van der Waals surface area contributed by atoms with Crippen LogP contribution in [0.1, 0.15) is 0 Å². The first-order chi connectivity index (χ1) is 9.28. The van der Waals surface area contributed by atoms with Gasteiger partial charge < -0.3 is 19.2 Å². The van der Waals surface area contributed by atoms with Crippen LogP contribution in [-0.4, -0.2) is 26.3 Å². The zero-order valence-corrected chi connectivity index (χ0v) is 11.1. The van der Waals surface area contributed by atoms with Crippen LogP contribution < -0.4 is 14.2 Å². The van der Waals surface area contributed by atoms with Crippen LogP contribution in [0.4, 0.5) is 0 Å². The molecule has 0 aliphatic heterocycles. The first-order valence-corrected chi connectivity index (χ1v) is 5.99. The van der Waals surface area contributed by atoms with E-state index in [1.165, 1.54) is 0 Å². The van der Waals surface area contributed by atoms with Crippen LogP contribution in [0, 0.1) is 0 Å². The molecule has 98 valence electrons. The summed E-state index contributed by atoms with van der Waals surface area (Å²) in [5, 5.41) is 2.07. The molecule has 1 heterocycles. The summed E-state index contributed by atoms with van der Waals surface area (Å²) in [5.41, 5.74) is 1.96. The van der Waals surface area contributed by atoms with E-state index in [0.29, 0.717) is 0 Å². The molecule has 0 bridgehead atoms. The summed E-state index contributed by atoms with van der Waals surface area (Å²) in [5.74, 6) is 2.43. The summed E-state index contributed by atoms with van der Waals surface area (Å²) >= 11 is 0. The SMILES string of the molecule is COc1ccc2[nH]c3c(OC)ccc(OC)c3c2c1. The lowest BCUT2D eigenvalue weighted by Gasteiger charge is -2.06. The number of hydrogen-bond donors (Lipinski definition) is 1. The standard InChI is InChI=1S/C15H15NO3/c1-17-9-4-5-11-10(8-9)14-12(18-2)6-7-13(19-3)15(14)16-11/h4-8,16H,1-3H3. The van der Waals surface area contributed by atoms with E-state index in [1.807, 2.05) is 30.3 Å². The monoisotopic (exact) mass is 257 g/mol. The molecule has 0 aliphatic carbocycles. The maximum atomic E-state index is 5.45. The van der Waals surface area contributed by atoms with Crippen LogP contribution in [0.25, 0.3) is 21.8 Å². The van der Waals surface area contributed by atoms with Gasteiger partial charge in [0.1, 0.15) is 17.2 Å². The third-order valence-electron chi connectivity index (χ3n) is 3.32. The Kier molecular flexibility index (Phi) is 2.71. The molecule has 4 nitrogen and oxygen atoms in total. The number of aromatic amines is 1. The average molecular weight is 257 g/mol. The molecule has 0 spiro atoms. The molecule has 3 aromatic rings. The molecule has 0 amide bonds. The first-order valence-electron chi connectivity index (χ1n) is 5.99. The molecule has 0 atom stereocenters. The lowest BCUT2D eigenvalue weighted by atomic mass is 10.1. The summed E-state index contributed by atoms with van der Waals surface area (Å²) in [6.45, 7) is 0. The molecule has 0 radical (unpaired) electrons. The number of hydrogen-bond acceptors (Lipinski definition) is 3. The van der Waals surface area contributed by atoms with Gasteiger partial charge in [-0.15, -0.1) is 0 Å². The molecular formula is C15H15NO3. The van der Waals surface area contributed by atoms with Crippen molar-refractivity contribution in [2.24, 2.45) is 0 Å². The van der Waals surface area contributed by atoms with Crippen molar-refractivity contribution in [2.45, 2.75) is 0 Å². The van der Waals surface area contributed by atoms with Gasteiger partial charge in [-0.3, -0.25) is 0 Å². The number of fused-ring (bicyclic) bond motifs is 3. The highest BCUT2D eigenvalue weighted by molar-refractivity contribution is 6.12. The quantitative estimate of drug-likeness (QED) is 0.782. The number of rotatable bonds is 3. The maximum Gasteiger partial charge on any atom is 0.143 e. The molecule has 0 saturated heterocycles. The Morgan fingerprint density at radius 2 is 1.58 bits per heavy atom. The number of methoxy groups -OCH3 is 3. The predicted molar refractivity (Wildman–Crippen MR) is 75.5 cm³/mol. The van der Waals surface area contributed by atoms with Crippen LogP contribution in [0.2, 0.25) is 0 Å². The van der Waals surface area contributed by atoms with E-state index in [0.717, 1.165) is 39.1 Å². The molecule has 0 aliphatic rings. The van der Waals surface area contributed by atoms with Crippen molar-refractivity contribution in [3.63, 3.8) is 0 Å². The smallest absolute Gasteiger partial charge is 0.143 e. The van der Waals surface area contributed by atoms with Gasteiger partial charge in [0.25, 0.3) is 0 Å². The molecule has 1 aromatic heterocycles. The van der Waals surface area contributed by atoms with Gasteiger partial charge >= 0.3 is 0 Å². The fraction of sp³-hybridized carbons (Fsp3) is 0.200. The summed E-state index contributed by atoms with van der Waals surface area (Å²) in [6.07, 6.45) is 0. The van der Waals surface area contributed by atoms with Crippen molar-refractivity contribution in [3.05, 3.63) is 30.3 Å². The van der Waals surface area contributed by atoms with Crippen LogP contribution in [-0.2, 0) is 0 Å². The Morgan fingerprint density at radius 3 is 2.26 bits per heavy atom. The summed E-state index contributed by atoms with van der Waals surface area (Å²) in [4.78, 5) is 3.36. The number of nitrogens with one attached hydrogen (secondary N) is 1. The normalized spacial score (nSPS) is 10.9. The lowest BCUT2D eigenvalue weighted by Crippen LogP contribution is -1.88. The number of H-pyrrole nitrogens is 1. The van der Waals surface area contributed by atoms with Gasteiger partial charge in [0.2, 0.25) is 0 Å². The predicted octanol–water partition coefficient (Wildman–Crippen LogP) is 3.35. The lowest BCUT2D eigenvalue weighted by molar-refractivity contribution is 0.410. The van der Waals surface area contributed by atoms with E-state index in [1.54, 1.807) is 21.3 Å². The third kappa shape index (κ3) is 1.68. The summed E-state index contributed by atoms with van der Waals surface area (Å²) in [6, 6.07) is 9.72. The number of benzene rings is 2. The molecule has 2 aromatic carbocycles. The van der Waals surface area contributed by atoms with E-state index in [4.69, 9.17) is 14.2 Å². The third-order valence-corrected chi connectivity index (χ3v) is 3.32. The topological polar surface area (TPSA) is 43.5 Å². The second kappa shape index (κ2) is 4.39. The Bertz CT molecular complexity index is 746. The van der Waals surface area contributed by atoms with Gasteiger partial charge in [0.05, 0.1) is 32.2 Å². The van der Waals surface area contributed by atoms with Crippen LogP contribution >= 0.6 is 0 Å². The minimum atomic E-state index is 0.797. The van der Waals surface area contributed by atoms with E-state index in [9.17, 15) is 0 Å². The highest BCUT2D eigenvalue weighted by Gasteiger charge is 2.14. The van der Waals surface area contributed by atoms with Gasteiger partial charge in [-0.2, -0.15) is 0 Å². The molecule has 3 rings (SSSR count). The molecule has 0 unspecified atom stereocenters. The van der Waals surface area contributed by atoms with Crippen molar-refractivity contribution in [1.29, 1.82) is 0 Å². The fourth-order valence-electron chi connectivity index (χ4n) is 2.40.